The summed E-state index contributed by atoms with van der Waals surface area (Å²) in [5, 5.41) is 13.2. The minimum Gasteiger partial charge on any atom is -0.389 e. The van der Waals surface area contributed by atoms with Crippen LogP contribution in [0.3, 0.4) is 0 Å². The fraction of sp³-hybridized carbons (Fsp3) is 0.538. The van der Waals surface area contributed by atoms with Crippen LogP contribution < -0.4 is 5.32 Å². The molecule has 0 aliphatic heterocycles. The Morgan fingerprint density at radius 2 is 2.18 bits per heavy atom. The molecule has 4 heteroatoms. The smallest absolute Gasteiger partial charge is 0.142 e. The summed E-state index contributed by atoms with van der Waals surface area (Å²) in [5.74, 6) is -0.417. The molecule has 0 saturated carbocycles. The third-order valence-corrected chi connectivity index (χ3v) is 3.30. The predicted octanol–water partition coefficient (Wildman–Crippen LogP) is 3.29. The van der Waals surface area contributed by atoms with Gasteiger partial charge in [-0.2, -0.15) is 0 Å². The summed E-state index contributed by atoms with van der Waals surface area (Å²) in [6.07, 6.45) is 0.668. The van der Waals surface area contributed by atoms with Crippen LogP contribution in [-0.4, -0.2) is 17.3 Å². The van der Waals surface area contributed by atoms with E-state index in [4.69, 9.17) is 11.6 Å². The predicted molar refractivity (Wildman–Crippen MR) is 68.7 cm³/mol. The van der Waals surface area contributed by atoms with Crippen LogP contribution in [0.15, 0.2) is 18.2 Å². The van der Waals surface area contributed by atoms with Crippen molar-refractivity contribution in [3.63, 3.8) is 0 Å². The van der Waals surface area contributed by atoms with Crippen LogP contribution in [0.25, 0.3) is 0 Å². The van der Waals surface area contributed by atoms with Crippen molar-refractivity contribution in [2.45, 2.75) is 38.8 Å². The third-order valence-electron chi connectivity index (χ3n) is 2.99. The first-order chi connectivity index (χ1) is 7.85. The molecular weight excluding hydrogens is 241 g/mol. The normalized spacial score (nSPS) is 16.6. The van der Waals surface area contributed by atoms with Gasteiger partial charge in [-0.3, -0.25) is 0 Å². The lowest BCUT2D eigenvalue weighted by molar-refractivity contribution is 0.0533. The Balaban J connectivity index is 2.64. The van der Waals surface area contributed by atoms with Crippen molar-refractivity contribution in [1.29, 1.82) is 0 Å². The summed E-state index contributed by atoms with van der Waals surface area (Å²) in [7, 11) is 0. The van der Waals surface area contributed by atoms with Gasteiger partial charge in [-0.25, -0.2) is 4.39 Å². The number of aliphatic hydroxyl groups is 1. The molecule has 2 nitrogen and oxygen atoms in total. The first-order valence-corrected chi connectivity index (χ1v) is 6.14. The fourth-order valence-corrected chi connectivity index (χ4v) is 1.52. The average molecular weight is 260 g/mol. The van der Waals surface area contributed by atoms with Gasteiger partial charge in [0.25, 0.3) is 0 Å². The molecule has 96 valence electrons. The number of halogens is 2. The highest BCUT2D eigenvalue weighted by Gasteiger charge is 2.18. The van der Waals surface area contributed by atoms with Crippen molar-refractivity contribution < 1.29 is 9.50 Å². The molecule has 1 rings (SSSR count). The Labute approximate surface area is 107 Å². The van der Waals surface area contributed by atoms with Crippen LogP contribution in [0.5, 0.6) is 0 Å². The van der Waals surface area contributed by atoms with Gasteiger partial charge in [-0.1, -0.05) is 24.6 Å². The Kier molecular flexibility index (Phi) is 4.92. The first kappa shape index (κ1) is 14.4. The van der Waals surface area contributed by atoms with Crippen LogP contribution in [0.1, 0.15) is 38.8 Å². The minimum absolute atomic E-state index is 0.0280. The molecule has 0 amide bonds. The lowest BCUT2D eigenvalue weighted by atomic mass is 10.0. The number of hydrogen-bond acceptors (Lipinski definition) is 2. The summed E-state index contributed by atoms with van der Waals surface area (Å²) in [5.41, 5.74) is 0.0815. The number of hydrogen-bond donors (Lipinski definition) is 2. The van der Waals surface area contributed by atoms with E-state index in [1.807, 2.05) is 13.8 Å². The quantitative estimate of drug-likeness (QED) is 0.851. The monoisotopic (exact) mass is 259 g/mol. The molecule has 0 radical (unpaired) electrons. The highest BCUT2D eigenvalue weighted by molar-refractivity contribution is 6.30. The van der Waals surface area contributed by atoms with E-state index in [9.17, 15) is 9.50 Å². The maximum atomic E-state index is 13.3. The van der Waals surface area contributed by atoms with Gasteiger partial charge in [0, 0.05) is 12.6 Å². The SMILES string of the molecule is CCC(C)(O)CNC(C)c1ccc(Cl)c(F)c1. The molecule has 0 aliphatic rings. The highest BCUT2D eigenvalue weighted by Crippen LogP contribution is 2.20. The molecule has 0 heterocycles. The summed E-state index contributed by atoms with van der Waals surface area (Å²) < 4.78 is 13.3. The van der Waals surface area contributed by atoms with Gasteiger partial charge < -0.3 is 10.4 Å². The maximum absolute atomic E-state index is 13.3. The van der Waals surface area contributed by atoms with E-state index in [0.29, 0.717) is 13.0 Å². The molecule has 0 aromatic heterocycles. The molecule has 0 spiro atoms. The average Bonchev–Trinajstić information content (AvgIpc) is 2.30. The van der Waals surface area contributed by atoms with E-state index >= 15 is 0 Å². The van der Waals surface area contributed by atoms with Crippen LogP contribution in [-0.2, 0) is 0 Å². The Bertz CT molecular complexity index is 382. The standard InChI is InChI=1S/C13H19ClFNO/c1-4-13(3,17)8-16-9(2)10-5-6-11(14)12(15)7-10/h5-7,9,16-17H,4,8H2,1-3H3. The third kappa shape index (κ3) is 4.26. The number of benzene rings is 1. The molecule has 0 bridgehead atoms. The topological polar surface area (TPSA) is 32.3 Å². The van der Waals surface area contributed by atoms with Crippen LogP contribution in [0.2, 0.25) is 5.02 Å². The van der Waals surface area contributed by atoms with E-state index in [2.05, 4.69) is 5.32 Å². The van der Waals surface area contributed by atoms with Crippen LogP contribution in [0, 0.1) is 5.82 Å². The van der Waals surface area contributed by atoms with Crippen molar-refractivity contribution >= 4 is 11.6 Å². The largest absolute Gasteiger partial charge is 0.389 e. The van der Waals surface area contributed by atoms with E-state index < -0.39 is 11.4 Å². The summed E-state index contributed by atoms with van der Waals surface area (Å²) in [6.45, 7) is 6.09. The summed E-state index contributed by atoms with van der Waals surface area (Å²) in [6, 6.07) is 4.71. The highest BCUT2D eigenvalue weighted by atomic mass is 35.5. The van der Waals surface area contributed by atoms with E-state index in [1.165, 1.54) is 6.07 Å². The maximum Gasteiger partial charge on any atom is 0.142 e. The van der Waals surface area contributed by atoms with Gasteiger partial charge >= 0.3 is 0 Å². The lowest BCUT2D eigenvalue weighted by Gasteiger charge is -2.24. The molecule has 0 saturated heterocycles. The van der Waals surface area contributed by atoms with Crippen molar-refractivity contribution in [3.8, 4) is 0 Å². The summed E-state index contributed by atoms with van der Waals surface area (Å²) in [4.78, 5) is 0. The van der Waals surface area contributed by atoms with Crippen molar-refractivity contribution in [2.75, 3.05) is 6.54 Å². The summed E-state index contributed by atoms with van der Waals surface area (Å²) >= 11 is 5.62. The Morgan fingerprint density at radius 1 is 1.53 bits per heavy atom. The molecule has 1 aromatic carbocycles. The molecule has 1 aromatic rings. The van der Waals surface area contributed by atoms with Gasteiger partial charge in [0.05, 0.1) is 10.6 Å². The van der Waals surface area contributed by atoms with Gasteiger partial charge in [-0.05, 0) is 38.0 Å². The molecule has 2 unspecified atom stereocenters. The molecular formula is C13H19ClFNO. The zero-order valence-corrected chi connectivity index (χ0v) is 11.2. The van der Waals surface area contributed by atoms with Gasteiger partial charge in [0.15, 0.2) is 0 Å². The Hall–Kier alpha value is -0.640. The number of nitrogens with one attached hydrogen (secondary N) is 1. The van der Waals surface area contributed by atoms with Crippen LogP contribution >= 0.6 is 11.6 Å². The van der Waals surface area contributed by atoms with E-state index in [1.54, 1.807) is 19.1 Å². The first-order valence-electron chi connectivity index (χ1n) is 5.76. The Morgan fingerprint density at radius 3 is 2.71 bits per heavy atom. The zero-order valence-electron chi connectivity index (χ0n) is 10.4. The van der Waals surface area contributed by atoms with Gasteiger partial charge in [0.2, 0.25) is 0 Å². The minimum atomic E-state index is -0.737. The molecule has 2 N–H and O–H groups in total. The second kappa shape index (κ2) is 5.80. The van der Waals surface area contributed by atoms with Crippen molar-refractivity contribution in [2.24, 2.45) is 0 Å². The van der Waals surface area contributed by atoms with Gasteiger partial charge in [0.1, 0.15) is 5.82 Å². The van der Waals surface area contributed by atoms with E-state index in [-0.39, 0.29) is 11.1 Å². The molecule has 0 aliphatic carbocycles. The van der Waals surface area contributed by atoms with Crippen molar-refractivity contribution in [3.05, 3.63) is 34.6 Å². The van der Waals surface area contributed by atoms with Gasteiger partial charge in [-0.15, -0.1) is 0 Å². The van der Waals surface area contributed by atoms with Crippen LogP contribution in [0.4, 0.5) is 4.39 Å². The lowest BCUT2D eigenvalue weighted by Crippen LogP contribution is -2.38. The zero-order chi connectivity index (χ0) is 13.1. The molecule has 17 heavy (non-hydrogen) atoms. The fourth-order valence-electron chi connectivity index (χ4n) is 1.40. The molecule has 2 atom stereocenters. The second-order valence-electron chi connectivity index (χ2n) is 4.63. The second-order valence-corrected chi connectivity index (χ2v) is 5.03. The van der Waals surface area contributed by atoms with E-state index in [0.717, 1.165) is 5.56 Å². The molecule has 0 fully saturated rings. The number of rotatable bonds is 5. The van der Waals surface area contributed by atoms with Crippen molar-refractivity contribution in [1.82, 2.24) is 5.32 Å².